The third-order valence-corrected chi connectivity index (χ3v) is 3.91. The van der Waals surface area contributed by atoms with Gasteiger partial charge in [-0.3, -0.25) is 19.7 Å². The number of hydrogen-bond acceptors (Lipinski definition) is 14. The van der Waals surface area contributed by atoms with Gasteiger partial charge >= 0.3 is 29.8 Å². The number of rotatable bonds is 13. The van der Waals surface area contributed by atoms with Gasteiger partial charge in [-0.05, 0) is 6.42 Å². The standard InChI is InChI=1S/C11H15NO7.C9H9N3O5S/c1-18-10(16)4-5-11(17)19-7-8(13)12-6-2-3-9(14)15;1-16-7(14)2-3-8(15)17-4-6(13)11-9-12-10-5-18-9/h4-5H,2-3,6-7H2,1H3,(H,12,13)(H,14,15);2-3,5H,4H2,1H3,(H,11,12,13)/b5-4+;3-2+. The van der Waals surface area contributed by atoms with Crippen LogP contribution < -0.4 is 10.6 Å². The molecule has 0 bridgehead atoms. The maximum absolute atomic E-state index is 11.2. The monoisotopic (exact) mass is 544 g/mol. The number of carboxylic acid groups (broad SMARTS) is 1. The van der Waals surface area contributed by atoms with Gasteiger partial charge in [0.25, 0.3) is 11.8 Å². The summed E-state index contributed by atoms with van der Waals surface area (Å²) in [5, 5.41) is 20.5. The van der Waals surface area contributed by atoms with Crippen LogP contribution in [0.4, 0.5) is 5.13 Å². The largest absolute Gasteiger partial charge is 0.481 e. The second-order valence-electron chi connectivity index (χ2n) is 6.07. The maximum atomic E-state index is 11.2. The number of esters is 4. The van der Waals surface area contributed by atoms with E-state index in [2.05, 4.69) is 39.8 Å². The molecule has 0 aliphatic rings. The van der Waals surface area contributed by atoms with E-state index in [1.54, 1.807) is 0 Å². The number of ether oxygens (including phenoxy) is 4. The Kier molecular flexibility index (Phi) is 17.1. The number of aromatic nitrogens is 2. The van der Waals surface area contributed by atoms with E-state index in [4.69, 9.17) is 5.11 Å². The smallest absolute Gasteiger partial charge is 0.331 e. The van der Waals surface area contributed by atoms with Gasteiger partial charge < -0.3 is 29.4 Å². The van der Waals surface area contributed by atoms with Crippen LogP contribution in [0.1, 0.15) is 12.8 Å². The van der Waals surface area contributed by atoms with E-state index >= 15 is 0 Å². The molecule has 1 rings (SSSR count). The van der Waals surface area contributed by atoms with Gasteiger partial charge in [0.05, 0.1) is 14.2 Å². The number of nitrogens with one attached hydrogen (secondary N) is 2. The summed E-state index contributed by atoms with van der Waals surface area (Å²) in [6, 6.07) is 0. The van der Waals surface area contributed by atoms with Gasteiger partial charge in [-0.25, -0.2) is 19.2 Å². The van der Waals surface area contributed by atoms with E-state index in [0.29, 0.717) is 5.13 Å². The molecule has 0 aliphatic heterocycles. The van der Waals surface area contributed by atoms with E-state index in [-0.39, 0.29) is 19.4 Å². The molecule has 16 nitrogen and oxygen atoms in total. The van der Waals surface area contributed by atoms with Crippen LogP contribution in [0.2, 0.25) is 0 Å². The number of carboxylic acids is 1. The van der Waals surface area contributed by atoms with Crippen LogP contribution in [0.3, 0.4) is 0 Å². The van der Waals surface area contributed by atoms with Crippen molar-refractivity contribution in [2.24, 2.45) is 0 Å². The van der Waals surface area contributed by atoms with Crippen molar-refractivity contribution in [1.82, 2.24) is 15.5 Å². The summed E-state index contributed by atoms with van der Waals surface area (Å²) in [4.78, 5) is 75.9. The van der Waals surface area contributed by atoms with Crippen molar-refractivity contribution in [3.63, 3.8) is 0 Å². The van der Waals surface area contributed by atoms with Crippen molar-refractivity contribution >= 4 is 58.1 Å². The summed E-state index contributed by atoms with van der Waals surface area (Å²) in [5.74, 6) is -5.13. The van der Waals surface area contributed by atoms with Crippen molar-refractivity contribution in [3.05, 3.63) is 29.8 Å². The Balaban J connectivity index is 0.000000701. The maximum Gasteiger partial charge on any atom is 0.331 e. The molecule has 0 fully saturated rings. The van der Waals surface area contributed by atoms with Crippen LogP contribution in [0, 0.1) is 0 Å². The van der Waals surface area contributed by atoms with Crippen LogP contribution >= 0.6 is 11.3 Å². The first-order valence-electron chi connectivity index (χ1n) is 9.97. The van der Waals surface area contributed by atoms with Gasteiger partial charge in [0.1, 0.15) is 5.51 Å². The summed E-state index contributed by atoms with van der Waals surface area (Å²) >= 11 is 1.13. The molecule has 0 atom stereocenters. The second-order valence-corrected chi connectivity index (χ2v) is 6.90. The minimum absolute atomic E-state index is 0.0536. The van der Waals surface area contributed by atoms with Crippen molar-refractivity contribution in [1.29, 1.82) is 0 Å². The van der Waals surface area contributed by atoms with Gasteiger partial charge in [0.15, 0.2) is 13.2 Å². The number of carbonyl (C=O) groups is 7. The molecule has 202 valence electrons. The van der Waals surface area contributed by atoms with E-state index < -0.39 is 54.9 Å². The molecule has 0 spiro atoms. The summed E-state index contributed by atoms with van der Waals surface area (Å²) in [6.07, 6.45) is 3.70. The average molecular weight is 544 g/mol. The lowest BCUT2D eigenvalue weighted by molar-refractivity contribution is -0.144. The highest BCUT2D eigenvalue weighted by molar-refractivity contribution is 7.13. The fraction of sp³-hybridized carbons (Fsp3) is 0.350. The predicted molar refractivity (Wildman–Crippen MR) is 123 cm³/mol. The Bertz CT molecular complexity index is 991. The van der Waals surface area contributed by atoms with Crippen LogP contribution in [0.5, 0.6) is 0 Å². The zero-order chi connectivity index (χ0) is 28.1. The first-order valence-corrected chi connectivity index (χ1v) is 10.8. The molecule has 0 radical (unpaired) electrons. The minimum atomic E-state index is -0.950. The molecular weight excluding hydrogens is 520 g/mol. The molecule has 1 aromatic rings. The molecule has 2 amide bonds. The highest BCUT2D eigenvalue weighted by atomic mass is 32.1. The molecule has 3 N–H and O–H groups in total. The average Bonchev–Trinajstić information content (AvgIpc) is 3.38. The third-order valence-electron chi connectivity index (χ3n) is 3.30. The van der Waals surface area contributed by atoms with Crippen LogP contribution in [0.15, 0.2) is 29.8 Å². The number of carbonyl (C=O) groups excluding carboxylic acids is 6. The van der Waals surface area contributed by atoms with Crippen molar-refractivity contribution in [3.8, 4) is 0 Å². The Morgan fingerprint density at radius 3 is 1.84 bits per heavy atom. The van der Waals surface area contributed by atoms with Gasteiger partial charge in [0.2, 0.25) is 5.13 Å². The summed E-state index contributed by atoms with van der Waals surface area (Å²) in [5.41, 5.74) is 1.45. The number of amides is 2. The molecular formula is C20H24N4O12S. The molecule has 17 heteroatoms. The van der Waals surface area contributed by atoms with E-state index in [9.17, 15) is 33.6 Å². The highest BCUT2D eigenvalue weighted by Gasteiger charge is 2.08. The number of anilines is 1. The predicted octanol–water partition coefficient (Wildman–Crippen LogP) is -1.01. The number of aliphatic carboxylic acids is 1. The Labute approximate surface area is 213 Å². The minimum Gasteiger partial charge on any atom is -0.481 e. The summed E-state index contributed by atoms with van der Waals surface area (Å²) in [7, 11) is 2.33. The lowest BCUT2D eigenvalue weighted by Crippen LogP contribution is -2.29. The van der Waals surface area contributed by atoms with Crippen LogP contribution in [-0.2, 0) is 52.5 Å². The Hall–Kier alpha value is -4.67. The number of methoxy groups -OCH3 is 2. The third kappa shape index (κ3) is 19.3. The van der Waals surface area contributed by atoms with E-state index in [1.165, 1.54) is 12.6 Å². The summed E-state index contributed by atoms with van der Waals surface area (Å²) in [6.45, 7) is -0.804. The van der Waals surface area contributed by atoms with Gasteiger partial charge in [-0.2, -0.15) is 0 Å². The topological polar surface area (TPSA) is 226 Å². The van der Waals surface area contributed by atoms with Crippen LogP contribution in [0.25, 0.3) is 0 Å². The SMILES string of the molecule is COC(=O)/C=C/C(=O)OCC(=O)NCCCC(=O)O.COC(=O)/C=C/C(=O)OCC(=O)Nc1nncs1. The highest BCUT2D eigenvalue weighted by Crippen LogP contribution is 2.07. The first kappa shape index (κ1) is 32.3. The molecule has 0 saturated carbocycles. The summed E-state index contributed by atoms with van der Waals surface area (Å²) < 4.78 is 17.6. The molecule has 0 saturated heterocycles. The lowest BCUT2D eigenvalue weighted by atomic mass is 10.3. The van der Waals surface area contributed by atoms with Gasteiger partial charge in [0, 0.05) is 37.3 Å². The Morgan fingerprint density at radius 1 is 0.865 bits per heavy atom. The zero-order valence-corrected chi connectivity index (χ0v) is 20.5. The zero-order valence-electron chi connectivity index (χ0n) is 19.7. The van der Waals surface area contributed by atoms with E-state index in [0.717, 1.165) is 42.8 Å². The van der Waals surface area contributed by atoms with Crippen molar-refractivity contribution in [2.45, 2.75) is 12.8 Å². The van der Waals surface area contributed by atoms with E-state index in [1.807, 2.05) is 0 Å². The number of hydrogen-bond donors (Lipinski definition) is 3. The normalized spacial score (nSPS) is 10.0. The molecule has 0 unspecified atom stereocenters. The number of nitrogens with zero attached hydrogens (tertiary/aromatic N) is 2. The molecule has 0 aliphatic carbocycles. The molecule has 1 heterocycles. The quantitative estimate of drug-likeness (QED) is 0.117. The molecule has 37 heavy (non-hydrogen) atoms. The van der Waals surface area contributed by atoms with Gasteiger partial charge in [-0.1, -0.05) is 11.3 Å². The second kappa shape index (κ2) is 19.6. The molecule has 0 aromatic carbocycles. The van der Waals surface area contributed by atoms with Crippen molar-refractivity contribution < 1.29 is 57.6 Å². The van der Waals surface area contributed by atoms with Gasteiger partial charge in [-0.15, -0.1) is 10.2 Å². The van der Waals surface area contributed by atoms with Crippen molar-refractivity contribution in [2.75, 3.05) is 39.3 Å². The first-order chi connectivity index (χ1) is 17.6. The molecule has 1 aromatic heterocycles. The van der Waals surface area contributed by atoms with Crippen LogP contribution in [-0.4, -0.2) is 90.9 Å². The fourth-order valence-electron chi connectivity index (χ4n) is 1.68. The lowest BCUT2D eigenvalue weighted by Gasteiger charge is -2.04. The fourth-order valence-corrected chi connectivity index (χ4v) is 2.14. The Morgan fingerprint density at radius 2 is 1.38 bits per heavy atom.